The van der Waals surface area contributed by atoms with Gasteiger partial charge in [0.05, 0.1) is 21.2 Å². The smallest absolute Gasteiger partial charge is 0.323 e. The molecule has 0 fully saturated rings. The molecule has 6 rings (SSSR count). The van der Waals surface area contributed by atoms with Gasteiger partial charge in [0, 0.05) is 32.9 Å². The van der Waals surface area contributed by atoms with Crippen molar-refractivity contribution in [1.29, 1.82) is 0 Å². The van der Waals surface area contributed by atoms with Gasteiger partial charge < -0.3 is 20.8 Å². The summed E-state index contributed by atoms with van der Waals surface area (Å²) in [5.74, 6) is -1.23. The van der Waals surface area contributed by atoms with Crippen molar-refractivity contribution in [1.82, 2.24) is 0 Å². The van der Waals surface area contributed by atoms with Crippen molar-refractivity contribution in [3.63, 3.8) is 0 Å². The molecule has 280 valence electrons. The number of sulfonamides is 2. The van der Waals surface area contributed by atoms with E-state index in [1.54, 1.807) is 0 Å². The molecule has 0 bridgehead atoms. The highest BCUT2D eigenvalue weighted by Gasteiger charge is 2.23. The van der Waals surface area contributed by atoms with Crippen LogP contribution in [-0.4, -0.2) is 59.0 Å². The van der Waals surface area contributed by atoms with Gasteiger partial charge in [-0.05, 0) is 60.7 Å². The summed E-state index contributed by atoms with van der Waals surface area (Å²) >= 11 is 0. The van der Waals surface area contributed by atoms with Crippen molar-refractivity contribution in [3.05, 3.63) is 109 Å². The minimum atomic E-state index is -4.65. The van der Waals surface area contributed by atoms with Gasteiger partial charge in [0.1, 0.15) is 21.3 Å². The molecule has 2 amide bonds. The second kappa shape index (κ2) is 13.8. The Morgan fingerprint density at radius 3 is 1.20 bits per heavy atom. The number of phenolic OH excluding ortho intramolecular Hbond substituents is 2. The van der Waals surface area contributed by atoms with E-state index in [4.69, 9.17) is 0 Å². The topological polar surface area (TPSA) is 283 Å². The summed E-state index contributed by atoms with van der Waals surface area (Å²) in [7, 11) is -18.1. The Balaban J connectivity index is 1.17. The molecule has 0 spiro atoms. The molecule has 8 N–H and O–H groups in total. The lowest BCUT2D eigenvalue weighted by atomic mass is 10.1. The summed E-state index contributed by atoms with van der Waals surface area (Å²) in [6, 6.07) is 21.0. The van der Waals surface area contributed by atoms with Crippen molar-refractivity contribution < 1.29 is 57.8 Å². The minimum Gasteiger partial charge on any atom is -0.505 e. The minimum absolute atomic E-state index is 0.00900. The van der Waals surface area contributed by atoms with Crippen LogP contribution in [-0.2, 0) is 40.3 Å². The average molecular weight is 815 g/mol. The zero-order chi connectivity index (χ0) is 39.2. The van der Waals surface area contributed by atoms with Gasteiger partial charge in [-0.15, -0.1) is 0 Å². The molecule has 0 aromatic heterocycles. The lowest BCUT2D eigenvalue weighted by molar-refractivity contribution is 0.262. The van der Waals surface area contributed by atoms with Crippen LogP contribution in [0.15, 0.2) is 129 Å². The molecule has 0 saturated carbocycles. The molecule has 6 aromatic carbocycles. The first-order chi connectivity index (χ1) is 25.2. The van der Waals surface area contributed by atoms with E-state index in [1.165, 1.54) is 72.8 Å². The summed E-state index contributed by atoms with van der Waals surface area (Å²) < 4.78 is 123. The molecule has 0 heterocycles. The first-order valence-electron chi connectivity index (χ1n) is 15.0. The predicted molar refractivity (Wildman–Crippen MR) is 198 cm³/mol. The zero-order valence-corrected chi connectivity index (χ0v) is 30.3. The quantitative estimate of drug-likeness (QED) is 0.0657. The van der Waals surface area contributed by atoms with Gasteiger partial charge in [-0.25, -0.2) is 21.6 Å². The summed E-state index contributed by atoms with van der Waals surface area (Å²) in [6.45, 7) is 0. The normalized spacial score (nSPS) is 12.3. The highest BCUT2D eigenvalue weighted by atomic mass is 32.2. The number of hydrogen-bond donors (Lipinski definition) is 8. The number of rotatable bonds is 10. The van der Waals surface area contributed by atoms with E-state index in [0.29, 0.717) is 0 Å². The van der Waals surface area contributed by atoms with E-state index in [-0.39, 0.29) is 54.1 Å². The van der Waals surface area contributed by atoms with Crippen LogP contribution in [0.5, 0.6) is 11.5 Å². The average Bonchev–Trinajstić information content (AvgIpc) is 3.09. The fourth-order valence-corrected chi connectivity index (χ4v) is 9.06. The number of nitrogens with one attached hydrogen (secondary N) is 4. The molecule has 6 aromatic rings. The number of aromatic hydroxyl groups is 2. The lowest BCUT2D eigenvalue weighted by Crippen LogP contribution is -2.20. The molecule has 0 unspecified atom stereocenters. The van der Waals surface area contributed by atoms with Gasteiger partial charge in [0.15, 0.2) is 0 Å². The largest absolute Gasteiger partial charge is 0.505 e. The SMILES string of the molecule is O=C(Nc1cccc(S(=O)(=O)Nc2ccc3c(S(=O)(=O)O)cccc3c2O)c1)Nc1cccc(S(=O)(=O)Nc2ccc3c(S(=O)(=O)O)cccc3c2O)c1. The second-order valence-electron chi connectivity index (χ2n) is 11.4. The van der Waals surface area contributed by atoms with Crippen LogP contribution in [0.25, 0.3) is 21.5 Å². The molecule has 0 radical (unpaired) electrons. The van der Waals surface area contributed by atoms with E-state index in [1.807, 2.05) is 0 Å². The van der Waals surface area contributed by atoms with Crippen LogP contribution in [0, 0.1) is 0 Å². The van der Waals surface area contributed by atoms with Gasteiger partial charge in [0.25, 0.3) is 40.3 Å². The fourth-order valence-electron chi connectivity index (χ4n) is 5.42. The number of phenols is 2. The summed E-state index contributed by atoms with van der Waals surface area (Å²) in [6.07, 6.45) is 0. The van der Waals surface area contributed by atoms with Crippen molar-refractivity contribution in [2.45, 2.75) is 19.6 Å². The van der Waals surface area contributed by atoms with Crippen molar-refractivity contribution in [2.75, 3.05) is 20.1 Å². The molecular weight excluding hydrogens is 789 g/mol. The van der Waals surface area contributed by atoms with Gasteiger partial charge in [-0.1, -0.05) is 48.5 Å². The maximum Gasteiger partial charge on any atom is 0.323 e. The molecule has 17 nitrogen and oxygen atoms in total. The maximum absolute atomic E-state index is 13.2. The summed E-state index contributed by atoms with van der Waals surface area (Å²) in [5.41, 5.74) is -0.634. The number of anilines is 4. The number of carbonyl (C=O) groups is 1. The number of amides is 2. The number of hydrogen-bond acceptors (Lipinski definition) is 11. The first kappa shape index (κ1) is 37.8. The maximum atomic E-state index is 13.2. The molecule has 54 heavy (non-hydrogen) atoms. The zero-order valence-electron chi connectivity index (χ0n) is 27.0. The van der Waals surface area contributed by atoms with E-state index in [2.05, 4.69) is 20.1 Å². The van der Waals surface area contributed by atoms with Crippen molar-refractivity contribution >= 4 is 90.6 Å². The van der Waals surface area contributed by atoms with E-state index in [0.717, 1.165) is 36.4 Å². The van der Waals surface area contributed by atoms with E-state index in [9.17, 15) is 57.8 Å². The second-order valence-corrected chi connectivity index (χ2v) is 17.6. The Morgan fingerprint density at radius 2 is 0.833 bits per heavy atom. The Bertz CT molecular complexity index is 2770. The third-order valence-corrected chi connectivity index (χ3v) is 12.4. The van der Waals surface area contributed by atoms with Crippen molar-refractivity contribution in [3.8, 4) is 11.5 Å². The van der Waals surface area contributed by atoms with E-state index < -0.39 is 67.6 Å². The molecule has 0 saturated heterocycles. The Morgan fingerprint density at radius 1 is 0.463 bits per heavy atom. The number of fused-ring (bicyclic) bond motifs is 2. The third-order valence-electron chi connectivity index (χ3n) is 7.83. The number of carbonyl (C=O) groups excluding carboxylic acids is 1. The first-order valence-corrected chi connectivity index (χ1v) is 20.9. The Hall–Kier alpha value is -5.97. The third kappa shape index (κ3) is 7.71. The molecule has 21 heteroatoms. The fraction of sp³-hybridized carbons (Fsp3) is 0. The monoisotopic (exact) mass is 814 g/mol. The van der Waals surface area contributed by atoms with Crippen molar-refractivity contribution in [2.24, 2.45) is 0 Å². The Kier molecular flexibility index (Phi) is 9.64. The van der Waals surface area contributed by atoms with Gasteiger partial charge in [-0.3, -0.25) is 18.5 Å². The van der Waals surface area contributed by atoms with E-state index >= 15 is 0 Å². The number of urea groups is 1. The predicted octanol–water partition coefficient (Wildman–Crippen LogP) is 5.14. The molecular formula is C33H26N4O13S4. The molecule has 0 aliphatic rings. The van der Waals surface area contributed by atoms with Gasteiger partial charge in [0.2, 0.25) is 0 Å². The Labute approximate surface area is 307 Å². The standard InChI is InChI=1S/C33H26N4O13S4/c38-31-25-9-3-11-29(53(45,46)47)23(25)13-15-27(31)36-51(41,42)21-7-1-5-19(17-21)34-33(40)35-20-6-2-8-22(18-20)52(43,44)37-28-16-14-24-26(32(28)39)10-4-12-30(24)54(48,49)50/h1-18,36-39H,(H2,34,35,40)(H,45,46,47)(H,48,49,50). The van der Waals surface area contributed by atoms with Crippen LogP contribution < -0.4 is 20.1 Å². The molecule has 0 aliphatic heterocycles. The van der Waals surface area contributed by atoms with Crippen LogP contribution in [0.2, 0.25) is 0 Å². The van der Waals surface area contributed by atoms with Gasteiger partial charge in [-0.2, -0.15) is 16.8 Å². The van der Waals surface area contributed by atoms with Gasteiger partial charge >= 0.3 is 6.03 Å². The highest BCUT2D eigenvalue weighted by Crippen LogP contribution is 2.38. The summed E-state index contributed by atoms with van der Waals surface area (Å²) in [5, 5.41) is 26.1. The molecule has 0 atom stereocenters. The highest BCUT2D eigenvalue weighted by molar-refractivity contribution is 7.93. The van der Waals surface area contributed by atoms with Crippen LogP contribution in [0.3, 0.4) is 0 Å². The van der Waals surface area contributed by atoms with Crippen LogP contribution in [0.1, 0.15) is 0 Å². The summed E-state index contributed by atoms with van der Waals surface area (Å²) in [4.78, 5) is 11.2. The number of benzene rings is 6. The van der Waals surface area contributed by atoms with Crippen LogP contribution >= 0.6 is 0 Å². The lowest BCUT2D eigenvalue weighted by Gasteiger charge is -2.14. The van der Waals surface area contributed by atoms with Crippen LogP contribution in [0.4, 0.5) is 27.5 Å². The molecule has 0 aliphatic carbocycles.